The summed E-state index contributed by atoms with van der Waals surface area (Å²) < 4.78 is 0. The second-order valence-electron chi connectivity index (χ2n) is 7.99. The highest BCUT2D eigenvalue weighted by molar-refractivity contribution is 6.09. The van der Waals surface area contributed by atoms with E-state index in [2.05, 4.69) is 54.7 Å². The fourth-order valence-corrected chi connectivity index (χ4v) is 4.11. The summed E-state index contributed by atoms with van der Waals surface area (Å²) in [5.41, 5.74) is 6.75. The molecule has 0 aromatic heterocycles. The van der Waals surface area contributed by atoms with Gasteiger partial charge in [0.2, 0.25) is 0 Å². The lowest BCUT2D eigenvalue weighted by atomic mass is 10.0. The first-order valence-corrected chi connectivity index (χ1v) is 10.8. The third-order valence-corrected chi connectivity index (χ3v) is 5.78. The van der Waals surface area contributed by atoms with Gasteiger partial charge in [-0.15, -0.1) is 0 Å². The van der Waals surface area contributed by atoms with Crippen LogP contribution in [-0.2, 0) is 0 Å². The minimum absolute atomic E-state index is 0.0323. The number of anilines is 2. The third kappa shape index (κ3) is 3.81. The Kier molecular flexibility index (Phi) is 5.30. The van der Waals surface area contributed by atoms with Crippen LogP contribution in [0.5, 0.6) is 0 Å². The maximum atomic E-state index is 13.9. The number of benzene rings is 4. The summed E-state index contributed by atoms with van der Waals surface area (Å²) in [6.07, 6.45) is 2.15. The number of aryl methyl sites for hydroxylation is 1. The van der Waals surface area contributed by atoms with Gasteiger partial charge in [-0.05, 0) is 48.4 Å². The first kappa shape index (κ1) is 19.8. The van der Waals surface area contributed by atoms with E-state index in [0.29, 0.717) is 5.56 Å². The van der Waals surface area contributed by atoms with E-state index >= 15 is 0 Å². The monoisotopic (exact) mass is 416 g/mol. The first-order chi connectivity index (χ1) is 15.7. The van der Waals surface area contributed by atoms with E-state index in [1.807, 2.05) is 77.7 Å². The molecule has 3 nitrogen and oxygen atoms in total. The summed E-state index contributed by atoms with van der Waals surface area (Å²) in [6.45, 7) is 2.08. The predicted molar refractivity (Wildman–Crippen MR) is 132 cm³/mol. The van der Waals surface area contributed by atoms with Gasteiger partial charge in [0, 0.05) is 11.3 Å². The molecule has 32 heavy (non-hydrogen) atoms. The zero-order valence-corrected chi connectivity index (χ0v) is 17.9. The fraction of sp³-hybridized carbons (Fsp3) is 0.0690. The average Bonchev–Trinajstić information content (AvgIpc) is 3.02. The van der Waals surface area contributed by atoms with Crippen molar-refractivity contribution in [2.75, 3.05) is 10.2 Å². The Balaban J connectivity index is 1.72. The SMILES string of the molecule is Cc1ccc(C2=C[C@@H](c3ccccc3)N(C(=O)c3ccccc3)c3ccccc3N2)cc1. The standard InChI is InChI=1S/C29H24N2O/c1-21-16-18-22(19-17-21)26-20-28(23-10-4-2-5-11-23)31(27-15-9-8-14-25(27)30-26)29(32)24-12-6-3-7-13-24/h2-20,28,30H,1H3/t28-/m0/s1. The molecule has 4 aromatic rings. The quantitative estimate of drug-likeness (QED) is 0.396. The number of carbonyl (C=O) groups excluding carboxylic acids is 1. The number of amides is 1. The van der Waals surface area contributed by atoms with Gasteiger partial charge in [-0.3, -0.25) is 9.69 Å². The van der Waals surface area contributed by atoms with Crippen LogP contribution in [0.15, 0.2) is 115 Å². The van der Waals surface area contributed by atoms with Crippen molar-refractivity contribution in [2.45, 2.75) is 13.0 Å². The van der Waals surface area contributed by atoms with Crippen LogP contribution in [0, 0.1) is 6.92 Å². The Morgan fingerprint density at radius 3 is 2.09 bits per heavy atom. The second kappa shape index (κ2) is 8.56. The Morgan fingerprint density at radius 2 is 1.38 bits per heavy atom. The van der Waals surface area contributed by atoms with Crippen molar-refractivity contribution in [1.82, 2.24) is 0 Å². The van der Waals surface area contributed by atoms with Crippen LogP contribution in [0.2, 0.25) is 0 Å². The van der Waals surface area contributed by atoms with Crippen molar-refractivity contribution < 1.29 is 4.79 Å². The average molecular weight is 417 g/mol. The predicted octanol–water partition coefficient (Wildman–Crippen LogP) is 6.85. The van der Waals surface area contributed by atoms with Crippen molar-refractivity contribution in [2.24, 2.45) is 0 Å². The van der Waals surface area contributed by atoms with Crippen LogP contribution in [-0.4, -0.2) is 5.91 Å². The van der Waals surface area contributed by atoms with Gasteiger partial charge in [-0.2, -0.15) is 0 Å². The second-order valence-corrected chi connectivity index (χ2v) is 7.99. The molecule has 0 fully saturated rings. The van der Waals surface area contributed by atoms with Crippen molar-refractivity contribution >= 4 is 23.0 Å². The smallest absolute Gasteiger partial charge is 0.259 e. The number of fused-ring (bicyclic) bond motifs is 1. The molecule has 4 aromatic carbocycles. The molecule has 0 saturated heterocycles. The highest BCUT2D eigenvalue weighted by Gasteiger charge is 2.31. The molecule has 1 heterocycles. The van der Waals surface area contributed by atoms with Crippen LogP contribution in [0.1, 0.15) is 33.1 Å². The number of para-hydroxylation sites is 2. The van der Waals surface area contributed by atoms with E-state index in [9.17, 15) is 4.79 Å². The van der Waals surface area contributed by atoms with E-state index in [4.69, 9.17) is 0 Å². The fourth-order valence-electron chi connectivity index (χ4n) is 4.11. The number of hydrogen-bond acceptors (Lipinski definition) is 2. The topological polar surface area (TPSA) is 32.3 Å². The van der Waals surface area contributed by atoms with Crippen molar-refractivity contribution in [3.05, 3.63) is 138 Å². The summed E-state index contributed by atoms with van der Waals surface area (Å²) in [4.78, 5) is 15.8. The number of nitrogens with one attached hydrogen (secondary N) is 1. The molecule has 0 bridgehead atoms. The van der Waals surface area contributed by atoms with Crippen molar-refractivity contribution in [3.63, 3.8) is 0 Å². The zero-order valence-electron chi connectivity index (χ0n) is 17.9. The molecule has 1 aliphatic heterocycles. The van der Waals surface area contributed by atoms with Gasteiger partial charge in [-0.25, -0.2) is 0 Å². The maximum Gasteiger partial charge on any atom is 0.259 e. The van der Waals surface area contributed by atoms with Crippen LogP contribution < -0.4 is 10.2 Å². The molecule has 0 saturated carbocycles. The lowest BCUT2D eigenvalue weighted by molar-refractivity contribution is 0.0981. The van der Waals surface area contributed by atoms with Crippen LogP contribution in [0.4, 0.5) is 11.4 Å². The molecule has 5 rings (SSSR count). The van der Waals surface area contributed by atoms with Crippen LogP contribution in [0.3, 0.4) is 0 Å². The zero-order chi connectivity index (χ0) is 21.9. The lowest BCUT2D eigenvalue weighted by Crippen LogP contribution is -2.34. The van der Waals surface area contributed by atoms with Gasteiger partial charge in [0.25, 0.3) is 5.91 Å². The summed E-state index contributed by atoms with van der Waals surface area (Å²) in [5, 5.41) is 3.60. The van der Waals surface area contributed by atoms with E-state index in [1.54, 1.807) is 0 Å². The Hall–Kier alpha value is -4.11. The van der Waals surface area contributed by atoms with Gasteiger partial charge in [0.15, 0.2) is 0 Å². The van der Waals surface area contributed by atoms with Crippen LogP contribution >= 0.6 is 0 Å². The van der Waals surface area contributed by atoms with Gasteiger partial charge in [0.1, 0.15) is 0 Å². The Morgan fingerprint density at radius 1 is 0.750 bits per heavy atom. The molecule has 156 valence electrons. The van der Waals surface area contributed by atoms with E-state index in [0.717, 1.165) is 28.2 Å². The molecule has 1 atom stereocenters. The summed E-state index contributed by atoms with van der Waals surface area (Å²) in [7, 11) is 0. The molecule has 1 aliphatic rings. The number of carbonyl (C=O) groups is 1. The highest BCUT2D eigenvalue weighted by Crippen LogP contribution is 2.40. The van der Waals surface area contributed by atoms with E-state index in [1.165, 1.54) is 5.56 Å². The van der Waals surface area contributed by atoms with E-state index < -0.39 is 0 Å². The first-order valence-electron chi connectivity index (χ1n) is 10.8. The van der Waals surface area contributed by atoms with E-state index in [-0.39, 0.29) is 11.9 Å². The summed E-state index contributed by atoms with van der Waals surface area (Å²) in [6, 6.07) is 35.9. The van der Waals surface area contributed by atoms with Crippen molar-refractivity contribution in [3.8, 4) is 0 Å². The van der Waals surface area contributed by atoms with Gasteiger partial charge < -0.3 is 5.32 Å². The third-order valence-electron chi connectivity index (χ3n) is 5.78. The Bertz CT molecular complexity index is 1260. The minimum atomic E-state index is -0.267. The van der Waals surface area contributed by atoms with Gasteiger partial charge in [-0.1, -0.05) is 90.5 Å². The molecule has 0 spiro atoms. The maximum absolute atomic E-state index is 13.9. The molecule has 1 amide bonds. The number of hydrogen-bond donors (Lipinski definition) is 1. The normalized spacial score (nSPS) is 15.2. The molecule has 3 heteroatoms. The molecular formula is C29H24N2O. The Labute approximate surface area is 188 Å². The number of nitrogens with zero attached hydrogens (tertiary/aromatic N) is 1. The van der Waals surface area contributed by atoms with Crippen molar-refractivity contribution in [1.29, 1.82) is 0 Å². The molecule has 0 aliphatic carbocycles. The molecular weight excluding hydrogens is 392 g/mol. The van der Waals surface area contributed by atoms with Gasteiger partial charge in [0.05, 0.1) is 17.4 Å². The highest BCUT2D eigenvalue weighted by atomic mass is 16.2. The molecule has 0 radical (unpaired) electrons. The molecule has 0 unspecified atom stereocenters. The summed E-state index contributed by atoms with van der Waals surface area (Å²) in [5.74, 6) is -0.0323. The minimum Gasteiger partial charge on any atom is -0.354 e. The molecule has 1 N–H and O–H groups in total. The largest absolute Gasteiger partial charge is 0.354 e. The van der Waals surface area contributed by atoms with Gasteiger partial charge >= 0.3 is 0 Å². The summed E-state index contributed by atoms with van der Waals surface area (Å²) >= 11 is 0. The number of rotatable bonds is 3. The van der Waals surface area contributed by atoms with Crippen LogP contribution in [0.25, 0.3) is 5.70 Å². The lowest BCUT2D eigenvalue weighted by Gasteiger charge is -2.30.